The average molecular weight is 350 g/mol. The second-order valence-corrected chi connectivity index (χ2v) is 7.61. The minimum Gasteiger partial charge on any atom is -0.480 e. The fraction of sp³-hybridized carbons (Fsp3) is 0.579. The van der Waals surface area contributed by atoms with Gasteiger partial charge in [-0.2, -0.15) is 0 Å². The van der Waals surface area contributed by atoms with Gasteiger partial charge in [-0.05, 0) is 38.3 Å². The second-order valence-electron chi connectivity index (χ2n) is 7.61. The summed E-state index contributed by atoms with van der Waals surface area (Å²) >= 11 is 0. The molecule has 25 heavy (non-hydrogen) atoms. The molecule has 0 aromatic heterocycles. The number of esters is 1. The quantitative estimate of drug-likeness (QED) is 0.734. The van der Waals surface area contributed by atoms with E-state index in [1.165, 1.54) is 0 Å². The maximum absolute atomic E-state index is 12.1. The minimum absolute atomic E-state index is 0.0740. The number of likely N-dealkylation sites (N-methyl/N-ethyl adjacent to an activating group) is 1. The van der Waals surface area contributed by atoms with Crippen LogP contribution in [0.1, 0.15) is 40.2 Å². The molecule has 0 aliphatic heterocycles. The van der Waals surface area contributed by atoms with Crippen molar-refractivity contribution in [3.05, 3.63) is 29.8 Å². The summed E-state index contributed by atoms with van der Waals surface area (Å²) in [6.45, 7) is 9.10. The van der Waals surface area contributed by atoms with Gasteiger partial charge in [-0.1, -0.05) is 32.0 Å². The number of nitrogens with two attached hydrogens (primary N) is 1. The Morgan fingerprint density at radius 2 is 1.80 bits per heavy atom. The Morgan fingerprint density at radius 1 is 1.24 bits per heavy atom. The number of carbonyl (C=O) groups excluding carboxylic acids is 1. The molecule has 2 atom stereocenters. The normalized spacial score (nSPS) is 14.1. The number of nitrogens with zero attached hydrogens (tertiary/aromatic N) is 1. The molecule has 0 fully saturated rings. The van der Waals surface area contributed by atoms with Gasteiger partial charge in [0, 0.05) is 19.2 Å². The number of aliphatic carboxylic acids is 1. The molecule has 1 aromatic rings. The molecule has 140 valence electrons. The molecule has 0 heterocycles. The number of para-hydroxylation sites is 1. The molecule has 0 aliphatic rings. The first kappa shape index (κ1) is 21.0. The highest BCUT2D eigenvalue weighted by atomic mass is 16.6. The summed E-state index contributed by atoms with van der Waals surface area (Å²) in [5, 5.41) is 9.52. The van der Waals surface area contributed by atoms with Crippen molar-refractivity contribution in [2.24, 2.45) is 11.7 Å². The molecule has 0 bridgehead atoms. The molecule has 0 saturated heterocycles. The fourth-order valence-electron chi connectivity index (χ4n) is 2.77. The molecular weight excluding hydrogens is 320 g/mol. The predicted octanol–water partition coefficient (Wildman–Crippen LogP) is 2.44. The van der Waals surface area contributed by atoms with E-state index in [0.717, 1.165) is 11.3 Å². The van der Waals surface area contributed by atoms with Crippen molar-refractivity contribution in [1.29, 1.82) is 0 Å². The number of carboxylic acid groups (broad SMARTS) is 1. The molecule has 0 radical (unpaired) electrons. The number of ether oxygens (including phenoxy) is 1. The molecule has 0 aliphatic carbocycles. The first-order valence-electron chi connectivity index (χ1n) is 8.46. The van der Waals surface area contributed by atoms with Gasteiger partial charge in [0.2, 0.25) is 0 Å². The van der Waals surface area contributed by atoms with Crippen LogP contribution in [-0.2, 0) is 20.7 Å². The molecule has 6 nitrogen and oxygen atoms in total. The van der Waals surface area contributed by atoms with Crippen molar-refractivity contribution in [3.8, 4) is 0 Å². The van der Waals surface area contributed by atoms with Gasteiger partial charge in [0.05, 0.1) is 0 Å². The van der Waals surface area contributed by atoms with E-state index in [4.69, 9.17) is 10.5 Å². The lowest BCUT2D eigenvalue weighted by Crippen LogP contribution is -2.43. The lowest BCUT2D eigenvalue weighted by atomic mass is 9.99. The monoisotopic (exact) mass is 350 g/mol. The highest BCUT2D eigenvalue weighted by molar-refractivity contribution is 5.80. The van der Waals surface area contributed by atoms with Crippen LogP contribution < -0.4 is 10.6 Å². The zero-order valence-corrected chi connectivity index (χ0v) is 15.9. The van der Waals surface area contributed by atoms with Crippen molar-refractivity contribution < 1.29 is 19.4 Å². The highest BCUT2D eigenvalue weighted by Gasteiger charge is 2.29. The van der Waals surface area contributed by atoms with Gasteiger partial charge in [0.1, 0.15) is 17.7 Å². The summed E-state index contributed by atoms with van der Waals surface area (Å²) in [7, 11) is 1.75. The summed E-state index contributed by atoms with van der Waals surface area (Å²) in [6, 6.07) is 5.91. The van der Waals surface area contributed by atoms with Crippen LogP contribution in [0.2, 0.25) is 0 Å². The highest BCUT2D eigenvalue weighted by Crippen LogP contribution is 2.25. The standard InChI is InChI=1S/C19H30N2O4/c1-12(2)16(17(22)23)21(6)15-10-8-7-9-13(15)11-14(20)18(24)25-19(3,4)5/h7-10,12,14,16H,11,20H2,1-6H3,(H,22,23)/t14-,16-/m0/s1. The number of hydrogen-bond donors (Lipinski definition) is 2. The average Bonchev–Trinajstić information content (AvgIpc) is 2.45. The molecular formula is C19H30N2O4. The van der Waals surface area contributed by atoms with Crippen LogP contribution in [0.15, 0.2) is 24.3 Å². The Balaban J connectivity index is 3.04. The number of benzene rings is 1. The summed E-state index contributed by atoms with van der Waals surface area (Å²) in [4.78, 5) is 25.5. The van der Waals surface area contributed by atoms with Crippen LogP contribution >= 0.6 is 0 Å². The maximum Gasteiger partial charge on any atom is 0.326 e. The van der Waals surface area contributed by atoms with Crippen LogP contribution in [0.3, 0.4) is 0 Å². The van der Waals surface area contributed by atoms with Gasteiger partial charge in [-0.15, -0.1) is 0 Å². The van der Waals surface area contributed by atoms with E-state index in [1.807, 2.05) is 38.1 Å². The number of anilines is 1. The van der Waals surface area contributed by atoms with E-state index in [2.05, 4.69) is 0 Å². The summed E-state index contributed by atoms with van der Waals surface area (Å²) in [5.41, 5.74) is 6.98. The summed E-state index contributed by atoms with van der Waals surface area (Å²) in [5.74, 6) is -1.43. The minimum atomic E-state index is -0.885. The Labute approximate surface area is 150 Å². The van der Waals surface area contributed by atoms with E-state index in [0.29, 0.717) is 0 Å². The van der Waals surface area contributed by atoms with E-state index in [-0.39, 0.29) is 12.3 Å². The third-order valence-electron chi connectivity index (χ3n) is 3.82. The van der Waals surface area contributed by atoms with Crippen LogP contribution in [-0.4, -0.2) is 41.8 Å². The SMILES string of the molecule is CC(C)[C@@H](C(=O)O)N(C)c1ccccc1C[C@H](N)C(=O)OC(C)(C)C. The molecule has 0 saturated carbocycles. The fourth-order valence-corrected chi connectivity index (χ4v) is 2.77. The molecule has 0 amide bonds. The first-order valence-corrected chi connectivity index (χ1v) is 8.46. The van der Waals surface area contributed by atoms with Gasteiger partial charge in [-0.3, -0.25) is 4.79 Å². The number of rotatable bonds is 7. The van der Waals surface area contributed by atoms with Crippen LogP contribution in [0, 0.1) is 5.92 Å². The van der Waals surface area contributed by atoms with Crippen molar-refractivity contribution in [1.82, 2.24) is 0 Å². The largest absolute Gasteiger partial charge is 0.480 e. The van der Waals surface area contributed by atoms with Crippen molar-refractivity contribution in [2.75, 3.05) is 11.9 Å². The zero-order valence-electron chi connectivity index (χ0n) is 15.9. The maximum atomic E-state index is 12.1. The lowest BCUT2D eigenvalue weighted by molar-refractivity contribution is -0.156. The second kappa shape index (κ2) is 8.34. The molecule has 0 spiro atoms. The third-order valence-corrected chi connectivity index (χ3v) is 3.82. The lowest BCUT2D eigenvalue weighted by Gasteiger charge is -2.31. The Kier molecular flexibility index (Phi) is 6.99. The summed E-state index contributed by atoms with van der Waals surface area (Å²) < 4.78 is 5.32. The molecule has 1 aromatic carbocycles. The van der Waals surface area contributed by atoms with Gasteiger partial charge >= 0.3 is 11.9 Å². The Hall–Kier alpha value is -2.08. The number of hydrogen-bond acceptors (Lipinski definition) is 5. The van der Waals surface area contributed by atoms with Crippen molar-refractivity contribution >= 4 is 17.6 Å². The van der Waals surface area contributed by atoms with E-state index in [9.17, 15) is 14.7 Å². The van der Waals surface area contributed by atoms with Gasteiger partial charge in [-0.25, -0.2) is 4.79 Å². The topological polar surface area (TPSA) is 92.9 Å². The molecule has 6 heteroatoms. The van der Waals surface area contributed by atoms with Crippen molar-refractivity contribution in [3.63, 3.8) is 0 Å². The van der Waals surface area contributed by atoms with Gasteiger partial charge in [0.15, 0.2) is 0 Å². The Bertz CT molecular complexity index is 608. The first-order chi connectivity index (χ1) is 11.4. The van der Waals surface area contributed by atoms with E-state index < -0.39 is 29.6 Å². The van der Waals surface area contributed by atoms with Crippen LogP contribution in [0.4, 0.5) is 5.69 Å². The van der Waals surface area contributed by atoms with E-state index >= 15 is 0 Å². The Morgan fingerprint density at radius 3 is 2.28 bits per heavy atom. The smallest absolute Gasteiger partial charge is 0.326 e. The van der Waals surface area contributed by atoms with Crippen LogP contribution in [0.5, 0.6) is 0 Å². The van der Waals surface area contributed by atoms with Gasteiger partial charge in [0.25, 0.3) is 0 Å². The molecule has 1 rings (SSSR count). The van der Waals surface area contributed by atoms with Crippen LogP contribution in [0.25, 0.3) is 0 Å². The third kappa shape index (κ3) is 6.05. The number of carboxylic acids is 1. The summed E-state index contributed by atoms with van der Waals surface area (Å²) in [6.07, 6.45) is 0.278. The van der Waals surface area contributed by atoms with Crippen molar-refractivity contribution in [2.45, 2.75) is 58.7 Å². The molecule has 0 unspecified atom stereocenters. The van der Waals surface area contributed by atoms with Gasteiger partial charge < -0.3 is 20.5 Å². The zero-order chi connectivity index (χ0) is 19.4. The van der Waals surface area contributed by atoms with E-state index in [1.54, 1.807) is 32.7 Å². The molecule has 3 N–H and O–H groups in total. The predicted molar refractivity (Wildman–Crippen MR) is 98.6 cm³/mol. The number of carbonyl (C=O) groups is 2.